The zero-order chi connectivity index (χ0) is 24.1. The van der Waals surface area contributed by atoms with Gasteiger partial charge >= 0.3 is 6.03 Å². The predicted molar refractivity (Wildman–Crippen MR) is 138 cm³/mol. The van der Waals surface area contributed by atoms with E-state index in [0.717, 1.165) is 29.8 Å². The number of amides is 3. The number of hydrogen-bond donors (Lipinski definition) is 1. The van der Waals surface area contributed by atoms with Crippen LogP contribution in [0.1, 0.15) is 37.3 Å². The van der Waals surface area contributed by atoms with E-state index in [9.17, 15) is 9.59 Å². The monoisotopic (exact) mass is 481 g/mol. The third-order valence-electron chi connectivity index (χ3n) is 6.78. The lowest BCUT2D eigenvalue weighted by molar-refractivity contribution is -0.126. The highest BCUT2D eigenvalue weighted by atomic mass is 32.2. The Morgan fingerprint density at radius 2 is 1.85 bits per heavy atom. The summed E-state index contributed by atoms with van der Waals surface area (Å²) in [5.41, 5.74) is 3.18. The molecule has 0 spiro atoms. The molecule has 1 fully saturated rings. The molecule has 1 atom stereocenters. The van der Waals surface area contributed by atoms with Gasteiger partial charge in [-0.05, 0) is 74.3 Å². The van der Waals surface area contributed by atoms with Crippen LogP contribution >= 0.6 is 11.8 Å². The number of carbonyl (C=O) groups excluding carboxylic acids is 2. The van der Waals surface area contributed by atoms with E-state index >= 15 is 0 Å². The average molecular weight is 482 g/mol. The molecule has 2 aliphatic heterocycles. The second-order valence-corrected chi connectivity index (χ2v) is 10.0. The van der Waals surface area contributed by atoms with Gasteiger partial charge in [-0.2, -0.15) is 0 Å². The molecule has 3 amide bonds. The number of thioether (sulfide) groups is 1. The smallest absolute Gasteiger partial charge is 0.324 e. The number of likely N-dealkylation sites (tertiary alicyclic amines) is 1. The molecule has 1 N–H and O–H groups in total. The van der Waals surface area contributed by atoms with Crippen LogP contribution in [-0.2, 0) is 11.2 Å². The maximum atomic E-state index is 13.4. The molecular weight excluding hydrogens is 446 g/mol. The number of urea groups is 1. The molecule has 0 saturated carbocycles. The highest BCUT2D eigenvalue weighted by molar-refractivity contribution is 7.98. The van der Waals surface area contributed by atoms with Crippen molar-refractivity contribution in [1.29, 1.82) is 0 Å². The minimum Gasteiger partial charge on any atom is -0.486 e. The van der Waals surface area contributed by atoms with Gasteiger partial charge in [0.25, 0.3) is 0 Å². The summed E-state index contributed by atoms with van der Waals surface area (Å²) in [6.45, 7) is 6.50. The van der Waals surface area contributed by atoms with Crippen LogP contribution in [0.4, 0.5) is 10.5 Å². The van der Waals surface area contributed by atoms with Crippen molar-refractivity contribution in [1.82, 2.24) is 10.2 Å². The first kappa shape index (κ1) is 24.5. The summed E-state index contributed by atoms with van der Waals surface area (Å²) in [5.74, 6) is 0.839. The van der Waals surface area contributed by atoms with Crippen LogP contribution in [0.5, 0.6) is 5.75 Å². The van der Waals surface area contributed by atoms with Crippen molar-refractivity contribution in [3.05, 3.63) is 53.6 Å². The minimum atomic E-state index is -0.0365. The molecule has 7 heteroatoms. The number of fused-ring (bicyclic) bond motifs is 1. The third-order valence-corrected chi connectivity index (χ3v) is 7.52. The van der Waals surface area contributed by atoms with E-state index in [1.807, 2.05) is 34.9 Å². The van der Waals surface area contributed by atoms with Gasteiger partial charge in [-0.1, -0.05) is 25.1 Å². The standard InChI is InChI=1S/C27H35N3O3S/c1-4-22-18-30(24-17-19(2)5-10-25(24)33-22)27(32)29-15-12-21(13-16-29)26(31)28-14-11-20-6-8-23(34-3)9-7-20/h5-10,17,21-22H,4,11-16,18H2,1-3H3,(H,28,31)/t22-/m0/s1. The number of nitrogens with zero attached hydrogens (tertiary/aromatic N) is 2. The zero-order valence-corrected chi connectivity index (χ0v) is 21.2. The van der Waals surface area contributed by atoms with Crippen LogP contribution < -0.4 is 15.0 Å². The number of aryl methyl sites for hydroxylation is 1. The summed E-state index contributed by atoms with van der Waals surface area (Å²) < 4.78 is 6.07. The Hall–Kier alpha value is -2.67. The molecule has 2 aliphatic rings. The maximum absolute atomic E-state index is 13.4. The Bertz CT molecular complexity index is 1000. The molecule has 6 nitrogen and oxygen atoms in total. The fraction of sp³-hybridized carbons (Fsp3) is 0.481. The Morgan fingerprint density at radius 1 is 1.12 bits per heavy atom. The first-order valence-electron chi connectivity index (χ1n) is 12.2. The summed E-state index contributed by atoms with van der Waals surface area (Å²) in [6, 6.07) is 14.5. The molecule has 0 aliphatic carbocycles. The molecule has 0 aromatic heterocycles. The summed E-state index contributed by atoms with van der Waals surface area (Å²) in [5, 5.41) is 3.09. The summed E-state index contributed by atoms with van der Waals surface area (Å²) in [4.78, 5) is 31.1. The van der Waals surface area contributed by atoms with Gasteiger partial charge in [0.1, 0.15) is 11.9 Å². The third kappa shape index (κ3) is 5.69. The van der Waals surface area contributed by atoms with Crippen LogP contribution in [0, 0.1) is 12.8 Å². The van der Waals surface area contributed by atoms with E-state index < -0.39 is 0 Å². The number of benzene rings is 2. The second kappa shape index (κ2) is 11.2. The van der Waals surface area contributed by atoms with Gasteiger partial charge in [0.15, 0.2) is 0 Å². The van der Waals surface area contributed by atoms with E-state index in [4.69, 9.17) is 4.74 Å². The van der Waals surface area contributed by atoms with Crippen molar-refractivity contribution in [2.24, 2.45) is 5.92 Å². The summed E-state index contributed by atoms with van der Waals surface area (Å²) >= 11 is 1.73. The Morgan fingerprint density at radius 3 is 2.53 bits per heavy atom. The van der Waals surface area contributed by atoms with Crippen LogP contribution in [0.15, 0.2) is 47.4 Å². The van der Waals surface area contributed by atoms with Crippen LogP contribution in [-0.4, -0.2) is 55.4 Å². The van der Waals surface area contributed by atoms with Gasteiger partial charge < -0.3 is 15.0 Å². The number of piperidine rings is 1. The Labute approximate surface area is 207 Å². The molecule has 0 bridgehead atoms. The number of hydrogen-bond acceptors (Lipinski definition) is 4. The van der Waals surface area contributed by atoms with E-state index in [1.165, 1.54) is 10.5 Å². The van der Waals surface area contributed by atoms with Crippen LogP contribution in [0.3, 0.4) is 0 Å². The predicted octanol–water partition coefficient (Wildman–Crippen LogP) is 4.89. The van der Waals surface area contributed by atoms with Gasteiger partial charge in [-0.25, -0.2) is 4.79 Å². The summed E-state index contributed by atoms with van der Waals surface area (Å²) in [7, 11) is 0. The first-order chi connectivity index (χ1) is 16.5. The number of rotatable bonds is 6. The topological polar surface area (TPSA) is 61.9 Å². The van der Waals surface area contributed by atoms with Crippen molar-refractivity contribution in [3.63, 3.8) is 0 Å². The van der Waals surface area contributed by atoms with Crippen molar-refractivity contribution < 1.29 is 14.3 Å². The van der Waals surface area contributed by atoms with Gasteiger partial charge in [0, 0.05) is 30.4 Å². The normalized spacial score (nSPS) is 18.3. The number of anilines is 1. The van der Waals surface area contributed by atoms with Crippen molar-refractivity contribution >= 4 is 29.4 Å². The number of ether oxygens (including phenoxy) is 1. The fourth-order valence-electron chi connectivity index (χ4n) is 4.62. The van der Waals surface area contributed by atoms with Gasteiger partial charge in [0.05, 0.1) is 12.2 Å². The molecule has 4 rings (SSSR count). The Balaban J connectivity index is 1.29. The molecule has 2 aromatic rings. The lowest BCUT2D eigenvalue weighted by Gasteiger charge is -2.39. The average Bonchev–Trinajstić information content (AvgIpc) is 2.88. The molecular formula is C27H35N3O3S. The van der Waals surface area contributed by atoms with E-state index in [2.05, 4.69) is 42.8 Å². The quantitative estimate of drug-likeness (QED) is 0.597. The number of carbonyl (C=O) groups is 2. The first-order valence-corrected chi connectivity index (χ1v) is 13.4. The highest BCUT2D eigenvalue weighted by Gasteiger charge is 2.34. The second-order valence-electron chi connectivity index (χ2n) is 9.16. The highest BCUT2D eigenvalue weighted by Crippen LogP contribution is 2.36. The SMILES string of the molecule is CC[C@H]1CN(C(=O)N2CCC(C(=O)NCCc3ccc(SC)cc3)CC2)c2cc(C)ccc2O1. The fourth-order valence-corrected chi connectivity index (χ4v) is 5.03. The molecule has 0 unspecified atom stereocenters. The largest absolute Gasteiger partial charge is 0.486 e. The maximum Gasteiger partial charge on any atom is 0.324 e. The molecule has 2 heterocycles. The number of nitrogens with one attached hydrogen (secondary N) is 1. The lowest BCUT2D eigenvalue weighted by atomic mass is 9.96. The van der Waals surface area contributed by atoms with Crippen LogP contribution in [0.2, 0.25) is 0 Å². The van der Waals surface area contributed by atoms with Crippen LogP contribution in [0.25, 0.3) is 0 Å². The lowest BCUT2D eigenvalue weighted by Crippen LogP contribution is -2.52. The van der Waals surface area contributed by atoms with E-state index in [0.29, 0.717) is 39.0 Å². The summed E-state index contributed by atoms with van der Waals surface area (Å²) in [6.07, 6.45) is 5.13. The van der Waals surface area contributed by atoms with Crippen molar-refractivity contribution in [2.45, 2.75) is 50.5 Å². The van der Waals surface area contributed by atoms with Gasteiger partial charge in [0.2, 0.25) is 5.91 Å². The van der Waals surface area contributed by atoms with Gasteiger partial charge in [-0.3, -0.25) is 9.69 Å². The molecule has 2 aromatic carbocycles. The molecule has 0 radical (unpaired) electrons. The molecule has 34 heavy (non-hydrogen) atoms. The zero-order valence-electron chi connectivity index (χ0n) is 20.4. The molecule has 182 valence electrons. The van der Waals surface area contributed by atoms with Crippen molar-refractivity contribution in [3.8, 4) is 5.75 Å². The minimum absolute atomic E-state index is 0.000553. The van der Waals surface area contributed by atoms with Gasteiger partial charge in [-0.15, -0.1) is 11.8 Å². The van der Waals surface area contributed by atoms with Crippen molar-refractivity contribution in [2.75, 3.05) is 37.3 Å². The van der Waals surface area contributed by atoms with E-state index in [1.54, 1.807) is 11.8 Å². The van der Waals surface area contributed by atoms with E-state index in [-0.39, 0.29) is 24.0 Å². The molecule has 1 saturated heterocycles. The Kier molecular flexibility index (Phi) is 8.03.